The Labute approximate surface area is 173 Å². The van der Waals surface area contributed by atoms with E-state index >= 15 is 0 Å². The van der Waals surface area contributed by atoms with Crippen LogP contribution < -0.4 is 4.74 Å². The van der Waals surface area contributed by atoms with Gasteiger partial charge in [-0.05, 0) is 49.8 Å². The van der Waals surface area contributed by atoms with Crippen molar-refractivity contribution in [2.75, 3.05) is 26.2 Å². The highest BCUT2D eigenvalue weighted by Crippen LogP contribution is 2.24. The van der Waals surface area contributed by atoms with E-state index in [4.69, 9.17) is 4.74 Å². The van der Waals surface area contributed by atoms with Gasteiger partial charge in [0.05, 0.1) is 0 Å². The highest BCUT2D eigenvalue weighted by Gasteiger charge is 2.30. The third kappa shape index (κ3) is 5.57. The van der Waals surface area contributed by atoms with Crippen molar-refractivity contribution >= 4 is 5.91 Å². The fourth-order valence-corrected chi connectivity index (χ4v) is 4.50. The number of hydrogen-bond donors (Lipinski definition) is 0. The van der Waals surface area contributed by atoms with Crippen LogP contribution in [0.5, 0.6) is 5.75 Å². The normalized spacial score (nSPS) is 19.2. The molecule has 2 aromatic rings. The third-order valence-electron chi connectivity index (χ3n) is 6.23. The predicted octanol–water partition coefficient (Wildman–Crippen LogP) is 3.55. The Morgan fingerprint density at radius 2 is 1.62 bits per heavy atom. The SMILES string of the molecule is O=C(CCc1ccccc1)N1CCC(N2CCC(Oc3ccncc3)CC2)CC1. The third-order valence-corrected chi connectivity index (χ3v) is 6.23. The van der Waals surface area contributed by atoms with Gasteiger partial charge in [0.2, 0.25) is 5.91 Å². The second-order valence-corrected chi connectivity index (χ2v) is 8.13. The van der Waals surface area contributed by atoms with Crippen LogP contribution in [0.1, 0.15) is 37.7 Å². The zero-order chi connectivity index (χ0) is 19.9. The van der Waals surface area contributed by atoms with E-state index in [0.29, 0.717) is 24.5 Å². The number of hydrogen-bond acceptors (Lipinski definition) is 4. The number of likely N-dealkylation sites (tertiary alicyclic amines) is 2. The summed E-state index contributed by atoms with van der Waals surface area (Å²) in [6.45, 7) is 3.96. The molecule has 0 radical (unpaired) electrons. The summed E-state index contributed by atoms with van der Waals surface area (Å²) >= 11 is 0. The molecule has 1 amide bonds. The summed E-state index contributed by atoms with van der Waals surface area (Å²) in [6, 6.07) is 14.8. The highest BCUT2D eigenvalue weighted by atomic mass is 16.5. The van der Waals surface area contributed by atoms with E-state index < -0.39 is 0 Å². The molecule has 0 N–H and O–H groups in total. The van der Waals surface area contributed by atoms with Crippen molar-refractivity contribution in [3.05, 3.63) is 60.4 Å². The Morgan fingerprint density at radius 3 is 2.31 bits per heavy atom. The van der Waals surface area contributed by atoms with E-state index in [1.54, 1.807) is 12.4 Å². The molecule has 154 valence electrons. The first-order valence-electron chi connectivity index (χ1n) is 10.9. The second-order valence-electron chi connectivity index (χ2n) is 8.13. The molecule has 0 bridgehead atoms. The average molecular weight is 394 g/mol. The van der Waals surface area contributed by atoms with Crippen LogP contribution in [-0.2, 0) is 11.2 Å². The first-order valence-corrected chi connectivity index (χ1v) is 10.9. The lowest BCUT2D eigenvalue weighted by molar-refractivity contribution is -0.132. The lowest BCUT2D eigenvalue weighted by Crippen LogP contribution is -2.50. The molecule has 0 aliphatic carbocycles. The number of carbonyl (C=O) groups excluding carboxylic acids is 1. The number of piperidine rings is 2. The number of ether oxygens (including phenoxy) is 1. The summed E-state index contributed by atoms with van der Waals surface area (Å²) in [5, 5.41) is 0. The minimum atomic E-state index is 0.299. The van der Waals surface area contributed by atoms with Crippen LogP contribution in [0.4, 0.5) is 0 Å². The van der Waals surface area contributed by atoms with E-state index in [9.17, 15) is 4.79 Å². The number of benzene rings is 1. The van der Waals surface area contributed by atoms with Gasteiger partial charge in [-0.3, -0.25) is 14.7 Å². The first-order chi connectivity index (χ1) is 14.3. The van der Waals surface area contributed by atoms with Gasteiger partial charge in [0.1, 0.15) is 11.9 Å². The van der Waals surface area contributed by atoms with Gasteiger partial charge in [-0.2, -0.15) is 0 Å². The van der Waals surface area contributed by atoms with E-state index in [-0.39, 0.29) is 0 Å². The number of aromatic nitrogens is 1. The fourth-order valence-electron chi connectivity index (χ4n) is 4.50. The van der Waals surface area contributed by atoms with Gasteiger partial charge in [0, 0.05) is 51.0 Å². The monoisotopic (exact) mass is 393 g/mol. The maximum atomic E-state index is 12.6. The summed E-state index contributed by atoms with van der Waals surface area (Å²) in [5.41, 5.74) is 1.24. The van der Waals surface area contributed by atoms with Crippen molar-refractivity contribution in [2.24, 2.45) is 0 Å². The standard InChI is InChI=1S/C24H31N3O2/c28-24(7-6-20-4-2-1-3-5-20)27-16-10-21(11-17-27)26-18-12-23(13-19-26)29-22-8-14-25-15-9-22/h1-5,8-9,14-15,21,23H,6-7,10-13,16-19H2. The highest BCUT2D eigenvalue weighted by molar-refractivity contribution is 5.76. The van der Waals surface area contributed by atoms with Crippen molar-refractivity contribution in [1.82, 2.24) is 14.8 Å². The summed E-state index contributed by atoms with van der Waals surface area (Å²) in [5.74, 6) is 1.22. The predicted molar refractivity (Wildman–Crippen MR) is 114 cm³/mol. The van der Waals surface area contributed by atoms with Crippen LogP contribution in [-0.4, -0.2) is 59.0 Å². The number of carbonyl (C=O) groups is 1. The molecule has 0 saturated carbocycles. The van der Waals surface area contributed by atoms with Crippen LogP contribution in [0.2, 0.25) is 0 Å². The summed E-state index contributed by atoms with van der Waals surface area (Å²) in [6.07, 6.45) is 9.63. The molecule has 2 fully saturated rings. The zero-order valence-corrected chi connectivity index (χ0v) is 17.1. The van der Waals surface area contributed by atoms with Gasteiger partial charge in [0.15, 0.2) is 0 Å². The van der Waals surface area contributed by atoms with Crippen LogP contribution >= 0.6 is 0 Å². The smallest absolute Gasteiger partial charge is 0.222 e. The van der Waals surface area contributed by atoms with E-state index in [1.165, 1.54) is 5.56 Å². The molecule has 5 heteroatoms. The molecule has 2 aliphatic rings. The Morgan fingerprint density at radius 1 is 0.931 bits per heavy atom. The maximum Gasteiger partial charge on any atom is 0.222 e. The molecule has 2 aliphatic heterocycles. The first kappa shape index (κ1) is 19.9. The molecule has 2 saturated heterocycles. The number of rotatable bonds is 6. The van der Waals surface area contributed by atoms with Crippen molar-refractivity contribution in [3.63, 3.8) is 0 Å². The number of pyridine rings is 1. The van der Waals surface area contributed by atoms with E-state index in [2.05, 4.69) is 26.9 Å². The summed E-state index contributed by atoms with van der Waals surface area (Å²) in [4.78, 5) is 21.3. The molecule has 1 aromatic carbocycles. The summed E-state index contributed by atoms with van der Waals surface area (Å²) in [7, 11) is 0. The van der Waals surface area contributed by atoms with Gasteiger partial charge in [-0.15, -0.1) is 0 Å². The van der Waals surface area contributed by atoms with Gasteiger partial charge >= 0.3 is 0 Å². The van der Waals surface area contributed by atoms with Crippen molar-refractivity contribution < 1.29 is 9.53 Å². The molecule has 4 rings (SSSR count). The minimum absolute atomic E-state index is 0.299. The molecule has 0 atom stereocenters. The summed E-state index contributed by atoms with van der Waals surface area (Å²) < 4.78 is 6.08. The Balaban J connectivity index is 1.17. The Kier molecular flexibility index (Phi) is 6.78. The quantitative estimate of drug-likeness (QED) is 0.753. The van der Waals surface area contributed by atoms with Crippen molar-refractivity contribution in [1.29, 1.82) is 0 Å². The van der Waals surface area contributed by atoms with Crippen LogP contribution in [0.15, 0.2) is 54.9 Å². The number of aryl methyl sites for hydroxylation is 1. The number of amides is 1. The molecule has 5 nitrogen and oxygen atoms in total. The van der Waals surface area contributed by atoms with Gasteiger partial charge in [-0.1, -0.05) is 30.3 Å². The molecule has 0 spiro atoms. The molecule has 0 unspecified atom stereocenters. The van der Waals surface area contributed by atoms with E-state index in [1.807, 2.05) is 30.3 Å². The van der Waals surface area contributed by atoms with E-state index in [0.717, 1.165) is 64.0 Å². The maximum absolute atomic E-state index is 12.6. The van der Waals surface area contributed by atoms with Gasteiger partial charge in [0.25, 0.3) is 0 Å². The molecule has 29 heavy (non-hydrogen) atoms. The average Bonchev–Trinajstić information content (AvgIpc) is 2.79. The Bertz CT molecular complexity index is 752. The minimum Gasteiger partial charge on any atom is -0.490 e. The molecular weight excluding hydrogens is 362 g/mol. The molecule has 3 heterocycles. The van der Waals surface area contributed by atoms with Crippen LogP contribution in [0.3, 0.4) is 0 Å². The second kappa shape index (κ2) is 9.88. The lowest BCUT2D eigenvalue weighted by atomic mass is 9.98. The van der Waals surface area contributed by atoms with Crippen LogP contribution in [0, 0.1) is 0 Å². The number of nitrogens with zero attached hydrogens (tertiary/aromatic N) is 3. The van der Waals surface area contributed by atoms with Crippen molar-refractivity contribution in [2.45, 2.75) is 50.7 Å². The van der Waals surface area contributed by atoms with Crippen molar-refractivity contribution in [3.8, 4) is 5.75 Å². The van der Waals surface area contributed by atoms with Gasteiger partial charge in [-0.25, -0.2) is 0 Å². The Hall–Kier alpha value is -2.40. The lowest BCUT2D eigenvalue weighted by Gasteiger charge is -2.41. The van der Waals surface area contributed by atoms with Gasteiger partial charge < -0.3 is 9.64 Å². The zero-order valence-electron chi connectivity index (χ0n) is 17.1. The topological polar surface area (TPSA) is 45.7 Å². The molecular formula is C24H31N3O2. The fraction of sp³-hybridized carbons (Fsp3) is 0.500. The van der Waals surface area contributed by atoms with Crippen LogP contribution in [0.25, 0.3) is 0 Å². The largest absolute Gasteiger partial charge is 0.490 e. The molecule has 1 aromatic heterocycles.